The van der Waals surface area contributed by atoms with Crippen LogP contribution < -0.4 is 0 Å². The molecule has 2 rings (SSSR count). The summed E-state index contributed by atoms with van der Waals surface area (Å²) in [7, 11) is 0. The van der Waals surface area contributed by atoms with E-state index >= 15 is 0 Å². The normalized spacial score (nSPS) is 9.38. The van der Waals surface area contributed by atoms with Crippen molar-refractivity contribution < 1.29 is 0 Å². The van der Waals surface area contributed by atoms with Crippen molar-refractivity contribution in [2.45, 2.75) is 6.92 Å². The third-order valence-electron chi connectivity index (χ3n) is 1.69. The molecule has 0 fully saturated rings. The van der Waals surface area contributed by atoms with Crippen LogP contribution in [0.2, 0.25) is 0 Å². The molecule has 0 saturated heterocycles. The molecule has 2 aromatic rings. The molecule has 0 aliphatic heterocycles. The molecule has 3 heteroatoms. The lowest BCUT2D eigenvalue weighted by Crippen LogP contribution is -1.87. The Hall–Kier alpha value is -1.09. The molecular weight excluding hydrogens is 228 g/mol. The Kier molecular flexibility index (Phi) is 3.25. The number of hydrogen-bond acceptors (Lipinski definition) is 1. The van der Waals surface area contributed by atoms with Gasteiger partial charge in [-0.15, -0.1) is 13.2 Å². The lowest BCUT2D eigenvalue weighted by Gasteiger charge is -2.00. The Morgan fingerprint density at radius 2 is 2.08 bits per heavy atom. The van der Waals surface area contributed by atoms with E-state index in [1.807, 2.05) is 22.7 Å². The summed E-state index contributed by atoms with van der Waals surface area (Å²) in [6.07, 6.45) is 3.73. The van der Waals surface area contributed by atoms with Gasteiger partial charge in [0.05, 0.1) is 4.60 Å². The van der Waals surface area contributed by atoms with Gasteiger partial charge in [0.2, 0.25) is 0 Å². The molecular formula is C10H11BrN2. The fourth-order valence-electron chi connectivity index (χ4n) is 1.06. The topological polar surface area (TPSA) is 17.3 Å². The number of halogens is 1. The van der Waals surface area contributed by atoms with Crippen LogP contribution in [-0.2, 0) is 0 Å². The first-order chi connectivity index (χ1) is 6.29. The van der Waals surface area contributed by atoms with E-state index < -0.39 is 0 Å². The average molecular weight is 239 g/mol. The van der Waals surface area contributed by atoms with E-state index in [-0.39, 0.29) is 0 Å². The van der Waals surface area contributed by atoms with E-state index in [2.05, 4.69) is 41.0 Å². The van der Waals surface area contributed by atoms with Gasteiger partial charge in [0.1, 0.15) is 5.65 Å². The fraction of sp³-hybridized carbons (Fsp3) is 0.100. The third-order valence-corrected chi connectivity index (χ3v) is 2.70. The molecule has 0 aliphatic carbocycles. The lowest BCUT2D eigenvalue weighted by molar-refractivity contribution is 1.11. The van der Waals surface area contributed by atoms with Crippen molar-refractivity contribution in [3.63, 3.8) is 0 Å². The van der Waals surface area contributed by atoms with E-state index in [1.165, 1.54) is 5.56 Å². The highest BCUT2D eigenvalue weighted by atomic mass is 79.9. The monoisotopic (exact) mass is 238 g/mol. The second-order valence-corrected chi connectivity index (χ2v) is 3.21. The molecule has 0 bridgehead atoms. The zero-order valence-corrected chi connectivity index (χ0v) is 9.08. The number of fused-ring (bicyclic) bond motifs is 1. The Labute approximate surface area is 86.0 Å². The number of pyridine rings is 1. The highest BCUT2D eigenvalue weighted by Crippen LogP contribution is 2.16. The largest absolute Gasteiger partial charge is 0.294 e. The molecule has 68 valence electrons. The van der Waals surface area contributed by atoms with Gasteiger partial charge in [-0.1, -0.05) is 6.07 Å². The van der Waals surface area contributed by atoms with Gasteiger partial charge in [-0.2, -0.15) is 0 Å². The number of rotatable bonds is 0. The van der Waals surface area contributed by atoms with E-state index in [4.69, 9.17) is 0 Å². The minimum absolute atomic E-state index is 0.975. The highest BCUT2D eigenvalue weighted by molar-refractivity contribution is 9.10. The molecule has 0 aromatic carbocycles. The smallest absolute Gasteiger partial charge is 0.137 e. The van der Waals surface area contributed by atoms with Crippen molar-refractivity contribution >= 4 is 21.6 Å². The molecule has 0 aliphatic rings. The predicted molar refractivity (Wildman–Crippen MR) is 58.9 cm³/mol. The first kappa shape index (κ1) is 9.99. The van der Waals surface area contributed by atoms with Crippen LogP contribution >= 0.6 is 15.9 Å². The number of aryl methyl sites for hydroxylation is 1. The first-order valence-electron chi connectivity index (χ1n) is 3.87. The van der Waals surface area contributed by atoms with Crippen LogP contribution in [0, 0.1) is 6.92 Å². The van der Waals surface area contributed by atoms with Gasteiger partial charge >= 0.3 is 0 Å². The SMILES string of the molecule is C=C.Cc1ccc2nccn2c1Br. The van der Waals surface area contributed by atoms with E-state index in [9.17, 15) is 0 Å². The summed E-state index contributed by atoms with van der Waals surface area (Å²) >= 11 is 3.48. The molecule has 2 heterocycles. The van der Waals surface area contributed by atoms with Crippen LogP contribution in [0.15, 0.2) is 42.3 Å². The van der Waals surface area contributed by atoms with Crippen LogP contribution in [0.5, 0.6) is 0 Å². The molecule has 0 unspecified atom stereocenters. The maximum absolute atomic E-state index is 4.15. The average Bonchev–Trinajstić information content (AvgIpc) is 2.63. The van der Waals surface area contributed by atoms with Crippen LogP contribution in [-0.4, -0.2) is 9.38 Å². The standard InChI is InChI=1S/C8H7BrN2.C2H4/c1-6-2-3-7-10-4-5-11(7)8(6)9;1-2/h2-5H,1H3;1-2H2. The van der Waals surface area contributed by atoms with Gasteiger partial charge in [-0.05, 0) is 34.5 Å². The molecule has 0 radical (unpaired) electrons. The van der Waals surface area contributed by atoms with Crippen molar-refractivity contribution in [3.8, 4) is 0 Å². The van der Waals surface area contributed by atoms with Crippen molar-refractivity contribution in [2.24, 2.45) is 0 Å². The quantitative estimate of drug-likeness (QED) is 0.509. The van der Waals surface area contributed by atoms with Gasteiger partial charge in [0.25, 0.3) is 0 Å². The van der Waals surface area contributed by atoms with E-state index in [0.717, 1.165) is 10.3 Å². The Bertz CT molecular complexity index is 406. The number of aromatic nitrogens is 2. The Morgan fingerprint density at radius 3 is 2.77 bits per heavy atom. The van der Waals surface area contributed by atoms with E-state index in [0.29, 0.717) is 0 Å². The summed E-state index contributed by atoms with van der Waals surface area (Å²) in [6.45, 7) is 8.06. The number of imidazole rings is 1. The maximum Gasteiger partial charge on any atom is 0.137 e. The van der Waals surface area contributed by atoms with Gasteiger partial charge in [-0.25, -0.2) is 4.98 Å². The minimum atomic E-state index is 0.975. The maximum atomic E-state index is 4.15. The summed E-state index contributed by atoms with van der Waals surface area (Å²) < 4.78 is 3.09. The molecule has 0 N–H and O–H groups in total. The zero-order chi connectivity index (χ0) is 9.84. The Morgan fingerprint density at radius 1 is 1.38 bits per heavy atom. The zero-order valence-electron chi connectivity index (χ0n) is 7.50. The van der Waals surface area contributed by atoms with Crippen molar-refractivity contribution in [2.75, 3.05) is 0 Å². The summed E-state index contributed by atoms with van der Waals surface area (Å²) in [5.41, 5.74) is 2.19. The van der Waals surface area contributed by atoms with Gasteiger partial charge in [-0.3, -0.25) is 4.40 Å². The molecule has 0 amide bonds. The molecule has 13 heavy (non-hydrogen) atoms. The number of nitrogens with zero attached hydrogens (tertiary/aromatic N) is 2. The van der Waals surface area contributed by atoms with Crippen molar-refractivity contribution in [1.82, 2.24) is 9.38 Å². The molecule has 2 aromatic heterocycles. The predicted octanol–water partition coefficient (Wildman–Crippen LogP) is 3.21. The van der Waals surface area contributed by atoms with Gasteiger partial charge in [0.15, 0.2) is 0 Å². The summed E-state index contributed by atoms with van der Waals surface area (Å²) in [4.78, 5) is 4.15. The first-order valence-corrected chi connectivity index (χ1v) is 4.66. The summed E-state index contributed by atoms with van der Waals surface area (Å²) in [5.74, 6) is 0. The van der Waals surface area contributed by atoms with Crippen molar-refractivity contribution in [1.29, 1.82) is 0 Å². The van der Waals surface area contributed by atoms with Crippen LogP contribution in [0.4, 0.5) is 0 Å². The molecule has 2 nitrogen and oxygen atoms in total. The summed E-state index contributed by atoms with van der Waals surface area (Å²) in [6, 6.07) is 4.05. The molecule has 0 saturated carbocycles. The van der Waals surface area contributed by atoms with Gasteiger partial charge in [0, 0.05) is 12.4 Å². The summed E-state index contributed by atoms with van der Waals surface area (Å²) in [5, 5.41) is 0. The van der Waals surface area contributed by atoms with Crippen LogP contribution in [0.1, 0.15) is 5.56 Å². The molecule has 0 atom stereocenters. The Balaban J connectivity index is 0.000000396. The van der Waals surface area contributed by atoms with Crippen LogP contribution in [0.25, 0.3) is 5.65 Å². The minimum Gasteiger partial charge on any atom is -0.294 e. The second kappa shape index (κ2) is 4.23. The van der Waals surface area contributed by atoms with Gasteiger partial charge < -0.3 is 0 Å². The number of hydrogen-bond donors (Lipinski definition) is 0. The third kappa shape index (κ3) is 1.80. The van der Waals surface area contributed by atoms with Crippen molar-refractivity contribution in [3.05, 3.63) is 47.9 Å². The van der Waals surface area contributed by atoms with Crippen LogP contribution in [0.3, 0.4) is 0 Å². The lowest BCUT2D eigenvalue weighted by atomic mass is 10.3. The molecule has 0 spiro atoms. The highest BCUT2D eigenvalue weighted by Gasteiger charge is 1.99. The van der Waals surface area contributed by atoms with E-state index in [1.54, 1.807) is 6.20 Å². The second-order valence-electron chi connectivity index (χ2n) is 2.46. The fourth-order valence-corrected chi connectivity index (χ4v) is 1.49.